The zero-order valence-electron chi connectivity index (χ0n) is 7.38. The molecule has 0 fully saturated rings. The van der Waals surface area contributed by atoms with Gasteiger partial charge in [0.2, 0.25) is 0 Å². The number of esters is 1. The molecular weight excluding hydrogens is 180 g/mol. The summed E-state index contributed by atoms with van der Waals surface area (Å²) in [6.45, 7) is 4.74. The molecule has 0 aliphatic heterocycles. The van der Waals surface area contributed by atoms with Crippen LogP contribution < -0.4 is 0 Å². The Morgan fingerprint density at radius 3 is 1.54 bits per heavy atom. The van der Waals surface area contributed by atoms with E-state index in [4.69, 9.17) is 9.90 Å². The fourth-order valence-electron chi connectivity index (χ4n) is 0.203. The van der Waals surface area contributed by atoms with Gasteiger partial charge in [0.15, 0.2) is 0 Å². The Labute approximate surface area is 82.6 Å². The number of ether oxygens (including phenoxy) is 1. The average molecular weight is 206 g/mol. The Morgan fingerprint density at radius 2 is 1.54 bits per heavy atom. The highest BCUT2D eigenvalue weighted by Crippen LogP contribution is 1.69. The second-order valence-corrected chi connectivity index (χ2v) is 1.44. The van der Waals surface area contributed by atoms with Gasteiger partial charge >= 0.3 is 5.97 Å². The quantitative estimate of drug-likeness (QED) is 0.622. The largest absolute Gasteiger partial charge is 0.481 e. The number of rotatable bonds is 1. The molecule has 5 N–H and O–H groups in total. The minimum Gasteiger partial charge on any atom is -0.481 e. The highest BCUT2D eigenvalue weighted by Gasteiger charge is 1.81. The molecule has 0 unspecified atom stereocenters. The van der Waals surface area contributed by atoms with Gasteiger partial charge in [0.1, 0.15) is 0 Å². The van der Waals surface area contributed by atoms with Crippen molar-refractivity contribution in [3.8, 4) is 0 Å². The molecule has 90 valence electrons. The lowest BCUT2D eigenvalue weighted by molar-refractivity contribution is -0.140. The van der Waals surface area contributed by atoms with Crippen LogP contribution in [-0.4, -0.2) is 34.6 Å². The van der Waals surface area contributed by atoms with Gasteiger partial charge in [-0.3, -0.25) is 9.59 Å². The van der Waals surface area contributed by atoms with Crippen molar-refractivity contribution in [3.63, 3.8) is 0 Å². The van der Waals surface area contributed by atoms with Crippen LogP contribution in [-0.2, 0) is 14.3 Å². The standard InChI is InChI=1S/C4H8O2.C2H4O2.CH4.2H2O.3H2/c1-3-6-4(2)5;1-2(3)4;;;;;;/h3H2,1-2H3;1H3,(H,3,4);1H4;2*1H2;3*1H. The Hall–Kier alpha value is -1.14. The van der Waals surface area contributed by atoms with Crippen LogP contribution in [0.15, 0.2) is 0 Å². The minimum atomic E-state index is -0.833. The van der Waals surface area contributed by atoms with Gasteiger partial charge in [0.05, 0.1) is 6.61 Å². The van der Waals surface area contributed by atoms with Gasteiger partial charge in [-0.05, 0) is 6.92 Å². The average Bonchev–Trinajstić information content (AvgIpc) is 1.62. The van der Waals surface area contributed by atoms with Gasteiger partial charge in [0, 0.05) is 18.1 Å². The van der Waals surface area contributed by atoms with Crippen LogP contribution in [0, 0.1) is 0 Å². The second kappa shape index (κ2) is 22.4. The molecule has 0 saturated heterocycles. The molecule has 0 rings (SSSR count). The summed E-state index contributed by atoms with van der Waals surface area (Å²) in [5.41, 5.74) is 0. The molecular formula is C7H26O6. The van der Waals surface area contributed by atoms with E-state index in [2.05, 4.69) is 4.74 Å². The summed E-state index contributed by atoms with van der Waals surface area (Å²) in [4.78, 5) is 18.8. The van der Waals surface area contributed by atoms with Crippen molar-refractivity contribution in [1.29, 1.82) is 0 Å². The van der Waals surface area contributed by atoms with Crippen molar-refractivity contribution in [3.05, 3.63) is 0 Å². The van der Waals surface area contributed by atoms with Crippen LogP contribution >= 0.6 is 0 Å². The second-order valence-electron chi connectivity index (χ2n) is 1.44. The number of carboxylic acid groups (broad SMARTS) is 1. The van der Waals surface area contributed by atoms with Crippen molar-refractivity contribution in [2.45, 2.75) is 28.2 Å². The third kappa shape index (κ3) is 246. The maximum absolute atomic E-state index is 9.82. The van der Waals surface area contributed by atoms with Crippen LogP contribution in [0.1, 0.15) is 32.5 Å². The molecule has 0 aromatic heterocycles. The van der Waals surface area contributed by atoms with E-state index in [0.29, 0.717) is 6.61 Å². The summed E-state index contributed by atoms with van der Waals surface area (Å²) >= 11 is 0. The lowest BCUT2D eigenvalue weighted by atomic mass is 10.8. The highest BCUT2D eigenvalue weighted by molar-refractivity contribution is 5.65. The molecule has 0 aliphatic carbocycles. The van der Waals surface area contributed by atoms with E-state index in [1.807, 2.05) is 0 Å². The molecule has 0 bridgehead atoms. The van der Waals surface area contributed by atoms with Gasteiger partial charge in [-0.15, -0.1) is 0 Å². The first kappa shape index (κ1) is 29.7. The SMILES string of the molecule is C.CC(=O)O.CCOC(C)=O.O.O.[HH].[HH].[HH]. The van der Waals surface area contributed by atoms with Crippen molar-refractivity contribution < 1.29 is 34.7 Å². The summed E-state index contributed by atoms with van der Waals surface area (Å²) in [7, 11) is 0. The van der Waals surface area contributed by atoms with E-state index in [9.17, 15) is 4.79 Å². The molecule has 6 nitrogen and oxygen atoms in total. The van der Waals surface area contributed by atoms with Crippen LogP contribution in [0.25, 0.3) is 0 Å². The van der Waals surface area contributed by atoms with Crippen molar-refractivity contribution in [2.75, 3.05) is 6.61 Å². The summed E-state index contributed by atoms with van der Waals surface area (Å²) in [6.07, 6.45) is 0. The molecule has 6 heteroatoms. The van der Waals surface area contributed by atoms with Gasteiger partial charge in [-0.2, -0.15) is 0 Å². The first-order valence-corrected chi connectivity index (χ1v) is 2.83. The Morgan fingerprint density at radius 1 is 1.31 bits per heavy atom. The molecule has 0 saturated carbocycles. The summed E-state index contributed by atoms with van der Waals surface area (Å²) in [6, 6.07) is 0. The molecule has 0 spiro atoms. The number of hydrogen-bond donors (Lipinski definition) is 1. The summed E-state index contributed by atoms with van der Waals surface area (Å²) in [5, 5.41) is 7.42. The molecule has 0 heterocycles. The van der Waals surface area contributed by atoms with Crippen LogP contribution in [0.5, 0.6) is 0 Å². The number of hydrogen-bond acceptors (Lipinski definition) is 3. The van der Waals surface area contributed by atoms with Crippen LogP contribution in [0.4, 0.5) is 0 Å². The van der Waals surface area contributed by atoms with Crippen molar-refractivity contribution >= 4 is 11.9 Å². The molecule has 0 aliphatic rings. The maximum atomic E-state index is 9.82. The lowest BCUT2D eigenvalue weighted by Crippen LogP contribution is -1.95. The fourth-order valence-corrected chi connectivity index (χ4v) is 0.203. The van der Waals surface area contributed by atoms with Crippen molar-refractivity contribution in [2.24, 2.45) is 0 Å². The molecule has 0 aromatic rings. The van der Waals surface area contributed by atoms with Gasteiger partial charge in [-0.1, -0.05) is 7.43 Å². The molecule has 0 aromatic carbocycles. The summed E-state index contributed by atoms with van der Waals surface area (Å²) < 4.78 is 4.40. The number of carbonyl (C=O) groups excluding carboxylic acids is 1. The van der Waals surface area contributed by atoms with Gasteiger partial charge in [0.25, 0.3) is 5.97 Å². The van der Waals surface area contributed by atoms with E-state index in [0.717, 1.165) is 6.92 Å². The van der Waals surface area contributed by atoms with E-state index in [1.165, 1.54) is 6.92 Å². The van der Waals surface area contributed by atoms with Gasteiger partial charge in [-0.25, -0.2) is 0 Å². The predicted molar refractivity (Wildman–Crippen MR) is 55.9 cm³/mol. The maximum Gasteiger partial charge on any atom is 0.302 e. The Kier molecular flexibility index (Phi) is 51.3. The van der Waals surface area contributed by atoms with Crippen LogP contribution in [0.2, 0.25) is 0 Å². The molecule has 0 atom stereocenters. The van der Waals surface area contributed by atoms with E-state index in [1.54, 1.807) is 6.92 Å². The molecule has 13 heavy (non-hydrogen) atoms. The zero-order valence-corrected chi connectivity index (χ0v) is 7.38. The van der Waals surface area contributed by atoms with Gasteiger partial charge < -0.3 is 20.8 Å². The first-order valence-electron chi connectivity index (χ1n) is 2.83. The van der Waals surface area contributed by atoms with E-state index < -0.39 is 5.97 Å². The van der Waals surface area contributed by atoms with Crippen molar-refractivity contribution in [1.82, 2.24) is 0 Å². The van der Waals surface area contributed by atoms with E-state index in [-0.39, 0.29) is 28.6 Å². The van der Waals surface area contributed by atoms with E-state index >= 15 is 0 Å². The highest BCUT2D eigenvalue weighted by atomic mass is 16.5. The smallest absolute Gasteiger partial charge is 0.302 e. The normalized spacial score (nSPS) is 5.46. The number of carboxylic acids is 1. The molecule has 0 radical (unpaired) electrons. The monoisotopic (exact) mass is 206 g/mol. The third-order valence-electron chi connectivity index (χ3n) is 0.348. The lowest BCUT2D eigenvalue weighted by Gasteiger charge is -1.89. The summed E-state index contributed by atoms with van der Waals surface area (Å²) in [5.74, 6) is -1.04. The first-order chi connectivity index (χ1) is 4.50. The fraction of sp³-hybridized carbons (Fsp3) is 0.714. The zero-order chi connectivity index (χ0) is 8.57. The minimum absolute atomic E-state index is 0. The Bertz CT molecular complexity index is 119. The van der Waals surface area contributed by atoms with Crippen LogP contribution in [0.3, 0.4) is 0 Å². The Balaban J connectivity index is -0.00000001000. The number of carbonyl (C=O) groups is 2. The topological polar surface area (TPSA) is 127 Å². The third-order valence-corrected chi connectivity index (χ3v) is 0.348. The molecule has 0 amide bonds. The number of aliphatic carboxylic acids is 1. The predicted octanol–water partition coefficient (Wildman–Crippen LogP) is 0.385.